The van der Waals surface area contributed by atoms with Crippen molar-refractivity contribution in [1.29, 1.82) is 0 Å². The molecule has 0 unspecified atom stereocenters. The monoisotopic (exact) mass is 267 g/mol. The molecule has 0 atom stereocenters. The van der Waals surface area contributed by atoms with Crippen LogP contribution in [-0.4, -0.2) is 29.5 Å². The van der Waals surface area contributed by atoms with Crippen LogP contribution < -0.4 is 0 Å². The largest absolute Gasteiger partial charge is 0.507 e. The van der Waals surface area contributed by atoms with E-state index in [0.717, 1.165) is 4.47 Å². The van der Waals surface area contributed by atoms with Crippen molar-refractivity contribution in [3.05, 3.63) is 28.2 Å². The molecule has 0 radical (unpaired) electrons. The summed E-state index contributed by atoms with van der Waals surface area (Å²) in [6, 6.07) is 4.68. The Bertz CT molecular complexity index is 423. The smallest absolute Gasteiger partial charge is 0.258 e. The van der Waals surface area contributed by atoms with Crippen LogP contribution in [0.5, 0.6) is 5.75 Å². The minimum atomic E-state index is -0.299. The Hall–Kier alpha value is -1.47. The van der Waals surface area contributed by atoms with E-state index in [2.05, 4.69) is 21.9 Å². The van der Waals surface area contributed by atoms with Gasteiger partial charge in [0.05, 0.1) is 12.1 Å². The lowest BCUT2D eigenvalue weighted by molar-refractivity contribution is 0.0809. The van der Waals surface area contributed by atoms with Crippen molar-refractivity contribution in [3.63, 3.8) is 0 Å². The number of benzene rings is 1. The van der Waals surface area contributed by atoms with Gasteiger partial charge in [0, 0.05) is 11.5 Å². The Kier molecular flexibility index (Phi) is 3.75. The van der Waals surface area contributed by atoms with Crippen molar-refractivity contribution >= 4 is 21.8 Å². The number of phenols is 1. The number of nitrogens with zero attached hydrogens (tertiary/aromatic N) is 1. The van der Waals surface area contributed by atoms with E-state index in [1.807, 2.05) is 0 Å². The molecular weight excluding hydrogens is 258 g/mol. The third-order valence-corrected chi connectivity index (χ3v) is 2.36. The van der Waals surface area contributed by atoms with E-state index in [0.29, 0.717) is 0 Å². The predicted octanol–water partition coefficient (Wildman–Crippen LogP) is 1.86. The standard InChI is InChI=1S/C11H10BrNO2/c1-3-6-13(2)11(15)9-7-8(12)4-5-10(9)14/h1,4-5,7,14H,6H2,2H3. The first-order valence-electron chi connectivity index (χ1n) is 4.23. The average Bonchev–Trinajstić information content (AvgIpc) is 2.21. The zero-order valence-electron chi connectivity index (χ0n) is 8.20. The molecule has 0 aromatic heterocycles. The number of amides is 1. The fraction of sp³-hybridized carbons (Fsp3) is 0.182. The third-order valence-electron chi connectivity index (χ3n) is 1.86. The second-order valence-corrected chi connectivity index (χ2v) is 3.94. The van der Waals surface area contributed by atoms with E-state index in [1.54, 1.807) is 19.2 Å². The van der Waals surface area contributed by atoms with Crippen LogP contribution in [-0.2, 0) is 0 Å². The quantitative estimate of drug-likeness (QED) is 0.832. The second-order valence-electron chi connectivity index (χ2n) is 3.03. The first kappa shape index (κ1) is 11.6. The molecule has 0 aliphatic carbocycles. The highest BCUT2D eigenvalue weighted by molar-refractivity contribution is 9.10. The molecule has 0 saturated carbocycles. The van der Waals surface area contributed by atoms with E-state index < -0.39 is 0 Å². The van der Waals surface area contributed by atoms with E-state index >= 15 is 0 Å². The van der Waals surface area contributed by atoms with Crippen LogP contribution in [0.15, 0.2) is 22.7 Å². The summed E-state index contributed by atoms with van der Waals surface area (Å²) < 4.78 is 0.734. The molecule has 0 fully saturated rings. The molecule has 1 aromatic carbocycles. The van der Waals surface area contributed by atoms with Crippen molar-refractivity contribution in [1.82, 2.24) is 4.90 Å². The van der Waals surface area contributed by atoms with Crippen LogP contribution in [0.1, 0.15) is 10.4 Å². The number of phenolic OH excluding ortho intramolecular Hbond substituents is 1. The van der Waals surface area contributed by atoms with Crippen LogP contribution in [0.25, 0.3) is 0 Å². The van der Waals surface area contributed by atoms with E-state index in [1.165, 1.54) is 11.0 Å². The number of hydrogen-bond donors (Lipinski definition) is 1. The summed E-state index contributed by atoms with van der Waals surface area (Å²) in [5.41, 5.74) is 0.238. The number of rotatable bonds is 2. The molecule has 4 heteroatoms. The van der Waals surface area contributed by atoms with Crippen molar-refractivity contribution in [2.45, 2.75) is 0 Å². The van der Waals surface area contributed by atoms with E-state index in [4.69, 9.17) is 6.42 Å². The summed E-state index contributed by atoms with van der Waals surface area (Å²) in [6.45, 7) is 0.213. The highest BCUT2D eigenvalue weighted by Gasteiger charge is 2.15. The molecule has 1 rings (SSSR count). The van der Waals surface area contributed by atoms with Gasteiger partial charge in [0.25, 0.3) is 5.91 Å². The number of aromatic hydroxyl groups is 1. The van der Waals surface area contributed by atoms with Gasteiger partial charge in [-0.3, -0.25) is 4.79 Å². The highest BCUT2D eigenvalue weighted by Crippen LogP contribution is 2.22. The lowest BCUT2D eigenvalue weighted by Crippen LogP contribution is -2.26. The molecule has 15 heavy (non-hydrogen) atoms. The molecule has 0 saturated heterocycles. The average molecular weight is 268 g/mol. The SMILES string of the molecule is C#CCN(C)C(=O)c1cc(Br)ccc1O. The molecule has 1 aromatic rings. The summed E-state index contributed by atoms with van der Waals surface area (Å²) in [6.07, 6.45) is 5.10. The van der Waals surface area contributed by atoms with Gasteiger partial charge in [0.1, 0.15) is 5.75 Å². The Morgan fingerprint density at radius 2 is 2.33 bits per heavy atom. The Balaban J connectivity index is 3.01. The molecule has 1 amide bonds. The van der Waals surface area contributed by atoms with Gasteiger partial charge in [-0.25, -0.2) is 0 Å². The Morgan fingerprint density at radius 1 is 1.67 bits per heavy atom. The Morgan fingerprint density at radius 3 is 2.93 bits per heavy atom. The summed E-state index contributed by atoms with van der Waals surface area (Å²) in [4.78, 5) is 13.1. The minimum absolute atomic E-state index is 0.0490. The molecule has 0 aliphatic heterocycles. The maximum absolute atomic E-state index is 11.8. The maximum atomic E-state index is 11.8. The van der Waals surface area contributed by atoms with Crippen molar-refractivity contribution < 1.29 is 9.90 Å². The second kappa shape index (κ2) is 4.85. The van der Waals surface area contributed by atoms with Crippen LogP contribution in [0, 0.1) is 12.3 Å². The molecule has 0 aliphatic rings. The summed E-state index contributed by atoms with van der Waals surface area (Å²) in [5, 5.41) is 9.50. The van der Waals surface area contributed by atoms with Gasteiger partial charge in [-0.15, -0.1) is 6.42 Å². The van der Waals surface area contributed by atoms with Gasteiger partial charge >= 0.3 is 0 Å². The Labute approximate surface area is 96.8 Å². The highest BCUT2D eigenvalue weighted by atomic mass is 79.9. The lowest BCUT2D eigenvalue weighted by atomic mass is 10.2. The van der Waals surface area contributed by atoms with Gasteiger partial charge in [-0.1, -0.05) is 21.9 Å². The molecule has 0 bridgehead atoms. The molecule has 3 nitrogen and oxygen atoms in total. The number of hydrogen-bond acceptors (Lipinski definition) is 2. The van der Waals surface area contributed by atoms with E-state index in [-0.39, 0.29) is 23.8 Å². The topological polar surface area (TPSA) is 40.5 Å². The van der Waals surface area contributed by atoms with Crippen LogP contribution in [0.3, 0.4) is 0 Å². The fourth-order valence-corrected chi connectivity index (χ4v) is 1.46. The first-order valence-corrected chi connectivity index (χ1v) is 5.03. The minimum Gasteiger partial charge on any atom is -0.507 e. The molecule has 1 N–H and O–H groups in total. The summed E-state index contributed by atoms with van der Waals surface area (Å²) in [5.74, 6) is 2.02. The normalized spacial score (nSPS) is 9.40. The van der Waals surface area contributed by atoms with E-state index in [9.17, 15) is 9.90 Å². The number of halogens is 1. The zero-order valence-corrected chi connectivity index (χ0v) is 9.78. The third kappa shape index (κ3) is 2.74. The fourth-order valence-electron chi connectivity index (χ4n) is 1.09. The molecule has 0 heterocycles. The van der Waals surface area contributed by atoms with Gasteiger partial charge in [0.2, 0.25) is 0 Å². The number of carbonyl (C=O) groups is 1. The van der Waals surface area contributed by atoms with Gasteiger partial charge < -0.3 is 10.0 Å². The molecular formula is C11H10BrNO2. The van der Waals surface area contributed by atoms with Crippen LogP contribution in [0.4, 0.5) is 0 Å². The molecule has 0 spiro atoms. The van der Waals surface area contributed by atoms with Gasteiger partial charge in [-0.05, 0) is 18.2 Å². The zero-order chi connectivity index (χ0) is 11.4. The van der Waals surface area contributed by atoms with Crippen molar-refractivity contribution in [2.24, 2.45) is 0 Å². The summed E-state index contributed by atoms with van der Waals surface area (Å²) in [7, 11) is 1.59. The first-order chi connectivity index (χ1) is 7.06. The number of terminal acetylenes is 1. The predicted molar refractivity (Wildman–Crippen MR) is 61.6 cm³/mol. The molecule has 78 valence electrons. The van der Waals surface area contributed by atoms with Crippen LogP contribution in [0.2, 0.25) is 0 Å². The van der Waals surface area contributed by atoms with Crippen LogP contribution >= 0.6 is 15.9 Å². The lowest BCUT2D eigenvalue weighted by Gasteiger charge is -2.14. The van der Waals surface area contributed by atoms with Crippen molar-refractivity contribution in [2.75, 3.05) is 13.6 Å². The van der Waals surface area contributed by atoms with Gasteiger partial charge in [0.15, 0.2) is 0 Å². The summed E-state index contributed by atoms with van der Waals surface area (Å²) >= 11 is 3.23. The number of carbonyl (C=O) groups excluding carboxylic acids is 1. The van der Waals surface area contributed by atoms with Gasteiger partial charge in [-0.2, -0.15) is 0 Å². The van der Waals surface area contributed by atoms with Crippen molar-refractivity contribution in [3.8, 4) is 18.1 Å². The maximum Gasteiger partial charge on any atom is 0.258 e.